The number of carbonyl (C=O) groups is 2. The van der Waals surface area contributed by atoms with Gasteiger partial charge in [-0.15, -0.1) is 0 Å². The minimum absolute atomic E-state index is 0.0138. The van der Waals surface area contributed by atoms with Gasteiger partial charge in [-0.3, -0.25) is 4.79 Å². The van der Waals surface area contributed by atoms with Gasteiger partial charge < -0.3 is 19.7 Å². The number of benzene rings is 2. The van der Waals surface area contributed by atoms with Gasteiger partial charge in [0.05, 0.1) is 12.7 Å². The molecule has 3 rings (SSSR count). The highest BCUT2D eigenvalue weighted by atomic mass is 16.5. The maximum Gasteiger partial charge on any atom is 0.408 e. The molecule has 2 aromatic rings. The molecule has 1 aliphatic rings. The number of nitrogens with one attached hydrogen (secondary N) is 1. The normalized spacial score (nSPS) is 17.6. The second kappa shape index (κ2) is 9.90. The SMILES string of the molecule is C[C@H]1CN(C(=O)[C@H](Cc2ccccc2)NC(=O)OCc2ccccc2)CCO1. The number of alkyl carbamates (subject to hydrolysis) is 1. The Morgan fingerprint density at radius 2 is 1.75 bits per heavy atom. The molecule has 148 valence electrons. The Kier molecular flexibility index (Phi) is 7.03. The van der Waals surface area contributed by atoms with Crippen LogP contribution in [0.2, 0.25) is 0 Å². The van der Waals surface area contributed by atoms with Gasteiger partial charge in [0.2, 0.25) is 5.91 Å². The van der Waals surface area contributed by atoms with Crippen molar-refractivity contribution in [2.45, 2.75) is 32.1 Å². The maximum atomic E-state index is 13.1. The average molecular weight is 382 g/mol. The van der Waals surface area contributed by atoms with Crippen LogP contribution >= 0.6 is 0 Å². The first-order chi connectivity index (χ1) is 13.6. The van der Waals surface area contributed by atoms with Crippen LogP contribution in [-0.2, 0) is 27.3 Å². The lowest BCUT2D eigenvalue weighted by atomic mass is 10.0. The molecule has 0 radical (unpaired) electrons. The second-order valence-electron chi connectivity index (χ2n) is 6.91. The third kappa shape index (κ3) is 5.82. The summed E-state index contributed by atoms with van der Waals surface area (Å²) in [6, 6.07) is 18.4. The van der Waals surface area contributed by atoms with E-state index in [1.165, 1.54) is 0 Å². The molecule has 1 N–H and O–H groups in total. The predicted octanol–water partition coefficient (Wildman–Crippen LogP) is 2.77. The van der Waals surface area contributed by atoms with E-state index in [-0.39, 0.29) is 18.6 Å². The Labute approximate surface area is 165 Å². The summed E-state index contributed by atoms with van der Waals surface area (Å²) in [7, 11) is 0. The molecule has 1 fully saturated rings. The molecule has 0 bridgehead atoms. The highest BCUT2D eigenvalue weighted by Crippen LogP contribution is 2.11. The van der Waals surface area contributed by atoms with Gasteiger partial charge in [-0.25, -0.2) is 4.79 Å². The van der Waals surface area contributed by atoms with E-state index >= 15 is 0 Å². The van der Waals surface area contributed by atoms with E-state index in [2.05, 4.69) is 5.32 Å². The molecule has 0 aliphatic carbocycles. The number of nitrogens with zero attached hydrogens (tertiary/aromatic N) is 1. The van der Waals surface area contributed by atoms with Gasteiger partial charge in [0.15, 0.2) is 0 Å². The van der Waals surface area contributed by atoms with Crippen LogP contribution in [0.15, 0.2) is 60.7 Å². The number of morpholine rings is 1. The van der Waals surface area contributed by atoms with Crippen molar-refractivity contribution < 1.29 is 19.1 Å². The number of amides is 2. The number of rotatable bonds is 6. The van der Waals surface area contributed by atoms with Crippen LogP contribution in [0.4, 0.5) is 4.79 Å². The van der Waals surface area contributed by atoms with Crippen molar-refractivity contribution in [1.29, 1.82) is 0 Å². The molecule has 1 saturated heterocycles. The summed E-state index contributed by atoms with van der Waals surface area (Å²) < 4.78 is 10.8. The zero-order chi connectivity index (χ0) is 19.8. The fraction of sp³-hybridized carbons (Fsp3) is 0.364. The summed E-state index contributed by atoms with van der Waals surface area (Å²) in [5.41, 5.74) is 1.87. The lowest BCUT2D eigenvalue weighted by Gasteiger charge is -2.33. The third-order valence-corrected chi connectivity index (χ3v) is 4.64. The number of hydrogen-bond acceptors (Lipinski definition) is 4. The third-order valence-electron chi connectivity index (χ3n) is 4.64. The number of carbonyl (C=O) groups excluding carboxylic acids is 2. The summed E-state index contributed by atoms with van der Waals surface area (Å²) >= 11 is 0. The van der Waals surface area contributed by atoms with Crippen LogP contribution in [0.1, 0.15) is 18.1 Å². The Bertz CT molecular complexity index is 767. The summed E-state index contributed by atoms with van der Waals surface area (Å²) in [6.07, 6.45) is -0.203. The molecule has 28 heavy (non-hydrogen) atoms. The molecule has 0 spiro atoms. The molecule has 0 unspecified atom stereocenters. The summed E-state index contributed by atoms with van der Waals surface area (Å²) in [4.78, 5) is 27.1. The van der Waals surface area contributed by atoms with Gasteiger partial charge in [0, 0.05) is 19.5 Å². The Morgan fingerprint density at radius 1 is 1.11 bits per heavy atom. The molecular formula is C22H26N2O4. The number of hydrogen-bond donors (Lipinski definition) is 1. The van der Waals surface area contributed by atoms with Crippen LogP contribution in [0.3, 0.4) is 0 Å². The first-order valence-electron chi connectivity index (χ1n) is 9.53. The van der Waals surface area contributed by atoms with Crippen molar-refractivity contribution in [3.05, 3.63) is 71.8 Å². The van der Waals surface area contributed by atoms with Crippen LogP contribution < -0.4 is 5.32 Å². The van der Waals surface area contributed by atoms with E-state index in [9.17, 15) is 9.59 Å². The molecule has 1 aliphatic heterocycles. The molecule has 1 heterocycles. The van der Waals surface area contributed by atoms with Gasteiger partial charge in [0.25, 0.3) is 0 Å². The lowest BCUT2D eigenvalue weighted by molar-refractivity contribution is -0.140. The van der Waals surface area contributed by atoms with Crippen molar-refractivity contribution in [3.63, 3.8) is 0 Å². The molecule has 6 nitrogen and oxygen atoms in total. The van der Waals surface area contributed by atoms with E-state index in [1.54, 1.807) is 4.90 Å². The van der Waals surface area contributed by atoms with E-state index in [0.717, 1.165) is 11.1 Å². The molecule has 2 aromatic carbocycles. The van der Waals surface area contributed by atoms with Gasteiger partial charge in [0.1, 0.15) is 12.6 Å². The van der Waals surface area contributed by atoms with Crippen molar-refractivity contribution in [2.75, 3.05) is 19.7 Å². The minimum Gasteiger partial charge on any atom is -0.445 e. The Hall–Kier alpha value is -2.86. The molecule has 0 aromatic heterocycles. The van der Waals surface area contributed by atoms with Crippen LogP contribution in [0, 0.1) is 0 Å². The molecule has 0 saturated carbocycles. The minimum atomic E-state index is -0.684. The van der Waals surface area contributed by atoms with Crippen LogP contribution in [-0.4, -0.2) is 48.7 Å². The van der Waals surface area contributed by atoms with Crippen LogP contribution in [0.5, 0.6) is 0 Å². The largest absolute Gasteiger partial charge is 0.445 e. The van der Waals surface area contributed by atoms with Crippen molar-refractivity contribution in [1.82, 2.24) is 10.2 Å². The Balaban J connectivity index is 1.64. The summed E-state index contributed by atoms with van der Waals surface area (Å²) in [5.74, 6) is -0.115. The van der Waals surface area contributed by atoms with E-state index in [0.29, 0.717) is 26.1 Å². The monoisotopic (exact) mass is 382 g/mol. The van der Waals surface area contributed by atoms with Gasteiger partial charge in [-0.2, -0.15) is 0 Å². The predicted molar refractivity (Wildman–Crippen MR) is 106 cm³/mol. The zero-order valence-corrected chi connectivity index (χ0v) is 16.0. The molecule has 2 atom stereocenters. The van der Waals surface area contributed by atoms with Crippen LogP contribution in [0.25, 0.3) is 0 Å². The topological polar surface area (TPSA) is 67.9 Å². The van der Waals surface area contributed by atoms with Crippen molar-refractivity contribution in [3.8, 4) is 0 Å². The zero-order valence-electron chi connectivity index (χ0n) is 16.0. The highest BCUT2D eigenvalue weighted by Gasteiger charge is 2.29. The fourth-order valence-corrected chi connectivity index (χ4v) is 3.20. The lowest BCUT2D eigenvalue weighted by Crippen LogP contribution is -2.54. The van der Waals surface area contributed by atoms with E-state index in [1.807, 2.05) is 67.6 Å². The van der Waals surface area contributed by atoms with Gasteiger partial charge in [-0.1, -0.05) is 60.7 Å². The quantitative estimate of drug-likeness (QED) is 0.834. The second-order valence-corrected chi connectivity index (χ2v) is 6.91. The molecule has 2 amide bonds. The molecule has 6 heteroatoms. The molecular weight excluding hydrogens is 356 g/mol. The van der Waals surface area contributed by atoms with Crippen molar-refractivity contribution >= 4 is 12.0 Å². The van der Waals surface area contributed by atoms with E-state index < -0.39 is 12.1 Å². The van der Waals surface area contributed by atoms with E-state index in [4.69, 9.17) is 9.47 Å². The standard InChI is InChI=1S/C22H26N2O4/c1-17-15-24(12-13-27-17)21(25)20(14-18-8-4-2-5-9-18)23-22(26)28-16-19-10-6-3-7-11-19/h2-11,17,20H,12-16H2,1H3,(H,23,26)/t17-,20-/m0/s1. The highest BCUT2D eigenvalue weighted by molar-refractivity contribution is 5.86. The maximum absolute atomic E-state index is 13.1. The summed E-state index contributed by atoms with van der Waals surface area (Å²) in [6.45, 7) is 3.64. The fourth-order valence-electron chi connectivity index (χ4n) is 3.20. The summed E-state index contributed by atoms with van der Waals surface area (Å²) in [5, 5.41) is 2.75. The average Bonchev–Trinajstić information content (AvgIpc) is 2.73. The van der Waals surface area contributed by atoms with Gasteiger partial charge in [-0.05, 0) is 18.1 Å². The first-order valence-corrected chi connectivity index (χ1v) is 9.53. The first kappa shape index (κ1) is 19.9. The smallest absolute Gasteiger partial charge is 0.408 e. The van der Waals surface area contributed by atoms with Gasteiger partial charge >= 0.3 is 6.09 Å². The Morgan fingerprint density at radius 3 is 2.39 bits per heavy atom. The van der Waals surface area contributed by atoms with Crippen molar-refractivity contribution in [2.24, 2.45) is 0 Å². The number of ether oxygens (including phenoxy) is 2.